The molecule has 6 heteroatoms. The molecule has 0 aliphatic heterocycles. The fraction of sp³-hybridized carbons (Fsp3) is 0.200. The van der Waals surface area contributed by atoms with Gasteiger partial charge in [-0.1, -0.05) is 0 Å². The Kier molecular flexibility index (Phi) is 2.40. The number of ketones is 1. The summed E-state index contributed by atoms with van der Waals surface area (Å²) in [5.41, 5.74) is 0.668. The quantitative estimate of drug-likeness (QED) is 0.579. The van der Waals surface area contributed by atoms with E-state index in [2.05, 4.69) is 5.10 Å². The number of aromatic nitrogens is 2. The van der Waals surface area contributed by atoms with Crippen molar-refractivity contribution in [2.24, 2.45) is 0 Å². The third-order valence-corrected chi connectivity index (χ3v) is 2.13. The standard InChI is InChI=1S/C10H9N3O3/c1-7(14)5-12-6-8-4-9(13(15)16)2-3-10(8)11-12/h2-4,6H,5H2,1H3. The second-order valence-electron chi connectivity index (χ2n) is 3.53. The van der Waals surface area contributed by atoms with Crippen molar-refractivity contribution in [3.8, 4) is 0 Å². The van der Waals surface area contributed by atoms with E-state index in [1.807, 2.05) is 0 Å². The van der Waals surface area contributed by atoms with E-state index >= 15 is 0 Å². The van der Waals surface area contributed by atoms with Gasteiger partial charge >= 0.3 is 0 Å². The molecule has 16 heavy (non-hydrogen) atoms. The number of benzene rings is 1. The number of hydrogen-bond donors (Lipinski definition) is 0. The number of nitro benzene ring substituents is 1. The van der Waals surface area contributed by atoms with Gasteiger partial charge in [0.2, 0.25) is 0 Å². The lowest BCUT2D eigenvalue weighted by Crippen LogP contribution is -2.05. The zero-order valence-electron chi connectivity index (χ0n) is 8.58. The van der Waals surface area contributed by atoms with Gasteiger partial charge in [-0.25, -0.2) is 0 Å². The predicted molar refractivity (Wildman–Crippen MR) is 57.1 cm³/mol. The van der Waals surface area contributed by atoms with Crippen molar-refractivity contribution in [1.82, 2.24) is 9.78 Å². The summed E-state index contributed by atoms with van der Waals surface area (Å²) < 4.78 is 1.48. The number of nitrogens with zero attached hydrogens (tertiary/aromatic N) is 3. The molecular formula is C10H9N3O3. The van der Waals surface area contributed by atoms with Gasteiger partial charge in [0, 0.05) is 23.7 Å². The van der Waals surface area contributed by atoms with E-state index in [0.717, 1.165) is 0 Å². The molecule has 1 heterocycles. The first-order valence-electron chi connectivity index (χ1n) is 4.67. The van der Waals surface area contributed by atoms with E-state index in [1.165, 1.54) is 23.7 Å². The first kappa shape index (κ1) is 10.3. The SMILES string of the molecule is CC(=O)Cn1cc2cc([N+](=O)[O-])ccc2n1. The number of carbonyl (C=O) groups is 1. The van der Waals surface area contributed by atoms with Crippen LogP contribution in [0.5, 0.6) is 0 Å². The van der Waals surface area contributed by atoms with Crippen LogP contribution in [0, 0.1) is 10.1 Å². The number of carbonyl (C=O) groups excluding carboxylic acids is 1. The van der Waals surface area contributed by atoms with Crippen molar-refractivity contribution >= 4 is 22.4 Å². The molecule has 1 aromatic carbocycles. The lowest BCUT2D eigenvalue weighted by Gasteiger charge is -1.93. The van der Waals surface area contributed by atoms with Crippen LogP contribution in [0.3, 0.4) is 0 Å². The molecule has 0 radical (unpaired) electrons. The van der Waals surface area contributed by atoms with Crippen molar-refractivity contribution in [2.45, 2.75) is 13.5 Å². The normalized spacial score (nSPS) is 10.6. The minimum atomic E-state index is -0.457. The van der Waals surface area contributed by atoms with Gasteiger partial charge in [-0.3, -0.25) is 19.6 Å². The van der Waals surface area contributed by atoms with Gasteiger partial charge in [-0.2, -0.15) is 5.10 Å². The Morgan fingerprint density at radius 1 is 1.56 bits per heavy atom. The molecule has 82 valence electrons. The predicted octanol–water partition coefficient (Wildman–Crippen LogP) is 1.53. The van der Waals surface area contributed by atoms with Crippen molar-refractivity contribution in [3.63, 3.8) is 0 Å². The highest BCUT2D eigenvalue weighted by Crippen LogP contribution is 2.19. The highest BCUT2D eigenvalue weighted by atomic mass is 16.6. The highest BCUT2D eigenvalue weighted by molar-refractivity contribution is 5.81. The molecule has 0 bridgehead atoms. The number of nitro groups is 1. The van der Waals surface area contributed by atoms with Gasteiger partial charge < -0.3 is 0 Å². The molecule has 0 atom stereocenters. The van der Waals surface area contributed by atoms with Crippen LogP contribution in [-0.2, 0) is 11.3 Å². The third kappa shape index (κ3) is 1.90. The Morgan fingerprint density at radius 2 is 2.31 bits per heavy atom. The molecule has 2 aromatic rings. The molecule has 0 aliphatic carbocycles. The largest absolute Gasteiger partial charge is 0.298 e. The van der Waals surface area contributed by atoms with E-state index in [1.54, 1.807) is 12.3 Å². The van der Waals surface area contributed by atoms with Crippen LogP contribution >= 0.6 is 0 Å². The average molecular weight is 219 g/mol. The Morgan fingerprint density at radius 3 is 2.94 bits per heavy atom. The molecular weight excluding hydrogens is 210 g/mol. The summed E-state index contributed by atoms with van der Waals surface area (Å²) in [4.78, 5) is 21.0. The second-order valence-corrected chi connectivity index (χ2v) is 3.53. The van der Waals surface area contributed by atoms with Crippen molar-refractivity contribution in [3.05, 3.63) is 34.5 Å². The molecule has 0 amide bonds. The zero-order chi connectivity index (χ0) is 11.7. The number of rotatable bonds is 3. The summed E-state index contributed by atoms with van der Waals surface area (Å²) >= 11 is 0. The Balaban J connectivity index is 2.45. The van der Waals surface area contributed by atoms with Crippen LogP contribution in [0.1, 0.15) is 6.92 Å². The Bertz CT molecular complexity index is 574. The molecule has 0 unspecified atom stereocenters. The van der Waals surface area contributed by atoms with Gasteiger partial charge in [0.05, 0.1) is 17.0 Å². The molecule has 0 fully saturated rings. The highest BCUT2D eigenvalue weighted by Gasteiger charge is 2.08. The number of fused-ring (bicyclic) bond motifs is 1. The van der Waals surface area contributed by atoms with Crippen molar-refractivity contribution in [1.29, 1.82) is 0 Å². The molecule has 0 saturated carbocycles. The third-order valence-electron chi connectivity index (χ3n) is 2.13. The summed E-state index contributed by atoms with van der Waals surface area (Å²) in [5.74, 6) is -0.0118. The molecule has 0 saturated heterocycles. The Labute approximate surface area is 90.6 Å². The van der Waals surface area contributed by atoms with Gasteiger partial charge in [0.15, 0.2) is 5.78 Å². The molecule has 0 spiro atoms. The lowest BCUT2D eigenvalue weighted by molar-refractivity contribution is -0.384. The minimum Gasteiger partial charge on any atom is -0.298 e. The maximum absolute atomic E-state index is 10.9. The maximum atomic E-state index is 10.9. The van der Waals surface area contributed by atoms with E-state index in [-0.39, 0.29) is 18.0 Å². The summed E-state index contributed by atoms with van der Waals surface area (Å²) in [5, 5.41) is 15.3. The van der Waals surface area contributed by atoms with Gasteiger partial charge in [0.25, 0.3) is 5.69 Å². The zero-order valence-corrected chi connectivity index (χ0v) is 8.58. The van der Waals surface area contributed by atoms with E-state index in [4.69, 9.17) is 0 Å². The van der Waals surface area contributed by atoms with E-state index in [0.29, 0.717) is 10.9 Å². The smallest absolute Gasteiger partial charge is 0.270 e. The number of hydrogen-bond acceptors (Lipinski definition) is 4. The first-order valence-corrected chi connectivity index (χ1v) is 4.67. The monoisotopic (exact) mass is 219 g/mol. The fourth-order valence-electron chi connectivity index (χ4n) is 1.49. The van der Waals surface area contributed by atoms with Crippen molar-refractivity contribution < 1.29 is 9.72 Å². The van der Waals surface area contributed by atoms with Crippen LogP contribution in [-0.4, -0.2) is 20.5 Å². The summed E-state index contributed by atoms with van der Waals surface area (Å²) in [6, 6.07) is 4.41. The van der Waals surface area contributed by atoms with Gasteiger partial charge in [-0.05, 0) is 13.0 Å². The second kappa shape index (κ2) is 3.73. The summed E-state index contributed by atoms with van der Waals surface area (Å²) in [6.07, 6.45) is 1.63. The molecule has 1 aromatic heterocycles. The summed E-state index contributed by atoms with van der Waals surface area (Å²) in [7, 11) is 0. The average Bonchev–Trinajstić information content (AvgIpc) is 2.56. The summed E-state index contributed by atoms with van der Waals surface area (Å²) in [6.45, 7) is 1.65. The minimum absolute atomic E-state index is 0.0118. The van der Waals surface area contributed by atoms with Crippen LogP contribution in [0.15, 0.2) is 24.4 Å². The van der Waals surface area contributed by atoms with Crippen LogP contribution in [0.4, 0.5) is 5.69 Å². The van der Waals surface area contributed by atoms with E-state index < -0.39 is 4.92 Å². The maximum Gasteiger partial charge on any atom is 0.270 e. The molecule has 2 rings (SSSR count). The molecule has 0 N–H and O–H groups in total. The molecule has 0 aliphatic rings. The van der Waals surface area contributed by atoms with Crippen LogP contribution < -0.4 is 0 Å². The number of Topliss-reactive ketones (excluding diaryl/α,β-unsaturated/α-hetero) is 1. The molecule has 6 nitrogen and oxygen atoms in total. The number of non-ortho nitro benzene ring substituents is 1. The van der Waals surface area contributed by atoms with Gasteiger partial charge in [0.1, 0.15) is 0 Å². The van der Waals surface area contributed by atoms with Crippen LogP contribution in [0.25, 0.3) is 10.9 Å². The topological polar surface area (TPSA) is 78.0 Å². The first-order chi connectivity index (χ1) is 7.56. The van der Waals surface area contributed by atoms with Crippen LogP contribution in [0.2, 0.25) is 0 Å². The Hall–Kier alpha value is -2.24. The van der Waals surface area contributed by atoms with Gasteiger partial charge in [-0.15, -0.1) is 0 Å². The fourth-order valence-corrected chi connectivity index (χ4v) is 1.49. The van der Waals surface area contributed by atoms with Crippen molar-refractivity contribution in [2.75, 3.05) is 0 Å². The lowest BCUT2D eigenvalue weighted by atomic mass is 10.2. The van der Waals surface area contributed by atoms with E-state index in [9.17, 15) is 14.9 Å².